The van der Waals surface area contributed by atoms with E-state index in [0.717, 1.165) is 52.4 Å². The summed E-state index contributed by atoms with van der Waals surface area (Å²) in [4.78, 5) is 29.8. The average molecular weight is 419 g/mol. The van der Waals surface area contributed by atoms with E-state index in [9.17, 15) is 9.90 Å². The van der Waals surface area contributed by atoms with Gasteiger partial charge in [-0.3, -0.25) is 9.69 Å². The maximum absolute atomic E-state index is 11.9. The van der Waals surface area contributed by atoms with Gasteiger partial charge in [0.05, 0.1) is 26.1 Å². The Morgan fingerprint density at radius 3 is 2.70 bits per heavy atom. The number of rotatable bonds is 10. The van der Waals surface area contributed by atoms with Gasteiger partial charge in [0.1, 0.15) is 0 Å². The van der Waals surface area contributed by atoms with E-state index < -0.39 is 0 Å². The number of aliphatic hydroxyl groups excluding tert-OH is 1. The highest BCUT2D eigenvalue weighted by Gasteiger charge is 2.20. The first-order valence-electron chi connectivity index (χ1n) is 10.6. The molecule has 0 bridgehead atoms. The van der Waals surface area contributed by atoms with Gasteiger partial charge in [0, 0.05) is 58.8 Å². The molecule has 0 aromatic carbocycles. The van der Waals surface area contributed by atoms with E-state index in [4.69, 9.17) is 4.74 Å². The zero-order chi connectivity index (χ0) is 20.8. The maximum Gasteiger partial charge on any atom is 0.226 e. The largest absolute Gasteiger partial charge is 0.395 e. The summed E-state index contributed by atoms with van der Waals surface area (Å²) in [5.41, 5.74) is 1.38. The summed E-state index contributed by atoms with van der Waals surface area (Å²) in [5.74, 6) is 1.33. The number of aromatic nitrogens is 4. The van der Waals surface area contributed by atoms with E-state index in [2.05, 4.69) is 30.5 Å². The Hall–Kier alpha value is -2.50. The van der Waals surface area contributed by atoms with Gasteiger partial charge < -0.3 is 29.9 Å². The summed E-state index contributed by atoms with van der Waals surface area (Å²) in [6, 6.07) is 0. The third kappa shape index (κ3) is 4.97. The molecule has 4 rings (SSSR count). The highest BCUT2D eigenvalue weighted by Crippen LogP contribution is 2.21. The Kier molecular flexibility index (Phi) is 6.92. The first-order valence-corrected chi connectivity index (χ1v) is 10.6. The lowest BCUT2D eigenvalue weighted by molar-refractivity contribution is -0.127. The van der Waals surface area contributed by atoms with Gasteiger partial charge in [-0.2, -0.15) is 9.97 Å². The van der Waals surface area contributed by atoms with Crippen LogP contribution in [0.5, 0.6) is 0 Å². The first kappa shape index (κ1) is 20.8. The molecule has 0 saturated carbocycles. The van der Waals surface area contributed by atoms with E-state index in [1.54, 1.807) is 6.33 Å². The predicted octanol–water partition coefficient (Wildman–Crippen LogP) is -0.403. The van der Waals surface area contributed by atoms with Crippen LogP contribution in [0.15, 0.2) is 6.33 Å². The fraction of sp³-hybridized carbons (Fsp3) is 0.684. The van der Waals surface area contributed by atoms with Crippen molar-refractivity contribution in [1.29, 1.82) is 0 Å². The molecule has 2 aromatic rings. The van der Waals surface area contributed by atoms with E-state index in [-0.39, 0.29) is 12.5 Å². The van der Waals surface area contributed by atoms with Crippen molar-refractivity contribution in [3.05, 3.63) is 6.33 Å². The highest BCUT2D eigenvalue weighted by atomic mass is 16.5. The molecule has 0 atom stereocenters. The molecular formula is C19H30N8O3. The van der Waals surface area contributed by atoms with Crippen molar-refractivity contribution in [2.45, 2.75) is 19.4 Å². The summed E-state index contributed by atoms with van der Waals surface area (Å²) in [5, 5.41) is 15.6. The number of fused-ring (bicyclic) bond motifs is 1. The van der Waals surface area contributed by atoms with E-state index >= 15 is 0 Å². The molecule has 0 radical (unpaired) electrons. The number of imidazole rings is 1. The Morgan fingerprint density at radius 2 is 1.93 bits per heavy atom. The average Bonchev–Trinajstić information content (AvgIpc) is 3.37. The lowest BCUT2D eigenvalue weighted by Gasteiger charge is -2.26. The molecule has 30 heavy (non-hydrogen) atoms. The molecule has 3 N–H and O–H groups in total. The van der Waals surface area contributed by atoms with Gasteiger partial charge in [0.15, 0.2) is 17.0 Å². The van der Waals surface area contributed by atoms with Crippen LogP contribution >= 0.6 is 0 Å². The van der Waals surface area contributed by atoms with Crippen molar-refractivity contribution < 1.29 is 14.6 Å². The topological polar surface area (TPSA) is 121 Å². The number of morpholine rings is 1. The van der Waals surface area contributed by atoms with E-state index in [0.29, 0.717) is 49.0 Å². The second-order valence-electron chi connectivity index (χ2n) is 7.52. The molecule has 2 aliphatic rings. The van der Waals surface area contributed by atoms with Gasteiger partial charge in [-0.1, -0.05) is 0 Å². The summed E-state index contributed by atoms with van der Waals surface area (Å²) < 4.78 is 7.35. The number of hydrogen-bond donors (Lipinski definition) is 3. The second-order valence-corrected chi connectivity index (χ2v) is 7.52. The van der Waals surface area contributed by atoms with Crippen LogP contribution < -0.4 is 10.6 Å². The van der Waals surface area contributed by atoms with Gasteiger partial charge in [0.2, 0.25) is 11.9 Å². The third-order valence-corrected chi connectivity index (χ3v) is 5.47. The number of carbonyl (C=O) groups is 1. The van der Waals surface area contributed by atoms with Crippen molar-refractivity contribution in [1.82, 2.24) is 29.3 Å². The minimum absolute atomic E-state index is 0.00304. The van der Waals surface area contributed by atoms with Gasteiger partial charge >= 0.3 is 0 Å². The highest BCUT2D eigenvalue weighted by molar-refractivity contribution is 5.84. The number of carbonyl (C=O) groups excluding carboxylic acids is 1. The molecular weight excluding hydrogens is 388 g/mol. The number of ether oxygens (including phenoxy) is 1. The Morgan fingerprint density at radius 1 is 1.07 bits per heavy atom. The molecule has 2 aliphatic heterocycles. The van der Waals surface area contributed by atoms with Crippen molar-refractivity contribution in [3.63, 3.8) is 0 Å². The molecule has 0 aliphatic carbocycles. The van der Waals surface area contributed by atoms with Crippen LogP contribution in [0.1, 0.15) is 12.8 Å². The zero-order valence-corrected chi connectivity index (χ0v) is 17.2. The molecule has 2 fully saturated rings. The fourth-order valence-corrected chi connectivity index (χ4v) is 3.80. The molecule has 4 heterocycles. The lowest BCUT2D eigenvalue weighted by atomic mass is 10.4. The van der Waals surface area contributed by atoms with Crippen LogP contribution in [0.25, 0.3) is 11.2 Å². The van der Waals surface area contributed by atoms with Crippen molar-refractivity contribution in [3.8, 4) is 0 Å². The Balaban J connectivity index is 1.46. The summed E-state index contributed by atoms with van der Waals surface area (Å²) in [6.45, 7) is 7.52. The van der Waals surface area contributed by atoms with Crippen LogP contribution in [0.4, 0.5) is 11.8 Å². The minimum atomic E-state index is 0.00304. The van der Waals surface area contributed by atoms with E-state index in [1.165, 1.54) is 0 Å². The van der Waals surface area contributed by atoms with Crippen LogP contribution in [0.3, 0.4) is 0 Å². The standard InChI is InChI=1S/C19H30N8O3/c28-11-4-20-17-16-18(27(14-22-16)8-7-26-5-1-2-15(26)29)24-19(23-17)21-3-6-25-9-12-30-13-10-25/h14,28H,1-13H2,(H2,20,21,23,24). The first-order chi connectivity index (χ1) is 14.7. The maximum atomic E-state index is 11.9. The molecule has 0 unspecified atom stereocenters. The summed E-state index contributed by atoms with van der Waals surface area (Å²) >= 11 is 0. The number of amides is 1. The van der Waals surface area contributed by atoms with E-state index in [1.807, 2.05) is 9.47 Å². The molecule has 1 amide bonds. The fourth-order valence-electron chi connectivity index (χ4n) is 3.80. The van der Waals surface area contributed by atoms with Crippen LogP contribution in [0.2, 0.25) is 0 Å². The van der Waals surface area contributed by atoms with Gasteiger partial charge in [-0.05, 0) is 6.42 Å². The van der Waals surface area contributed by atoms with Crippen LogP contribution in [-0.2, 0) is 16.1 Å². The number of hydrogen-bond acceptors (Lipinski definition) is 9. The third-order valence-electron chi connectivity index (χ3n) is 5.47. The molecule has 164 valence electrons. The summed E-state index contributed by atoms with van der Waals surface area (Å²) in [7, 11) is 0. The minimum Gasteiger partial charge on any atom is -0.395 e. The van der Waals surface area contributed by atoms with Crippen molar-refractivity contribution in [2.75, 3.05) is 76.3 Å². The van der Waals surface area contributed by atoms with Crippen LogP contribution in [0, 0.1) is 0 Å². The van der Waals surface area contributed by atoms with Gasteiger partial charge in [-0.25, -0.2) is 4.98 Å². The number of nitrogens with one attached hydrogen (secondary N) is 2. The molecule has 11 nitrogen and oxygen atoms in total. The predicted molar refractivity (Wildman–Crippen MR) is 112 cm³/mol. The number of nitrogens with zero attached hydrogens (tertiary/aromatic N) is 6. The SMILES string of the molecule is O=C1CCCN1CCn1cnc2c(NCCO)nc(NCCN3CCOCC3)nc21. The van der Waals surface area contributed by atoms with Crippen molar-refractivity contribution in [2.24, 2.45) is 0 Å². The molecule has 2 aromatic heterocycles. The molecule has 2 saturated heterocycles. The van der Waals surface area contributed by atoms with Gasteiger partial charge in [-0.15, -0.1) is 0 Å². The molecule has 0 spiro atoms. The van der Waals surface area contributed by atoms with Crippen LogP contribution in [-0.4, -0.2) is 106 Å². The van der Waals surface area contributed by atoms with Gasteiger partial charge in [0.25, 0.3) is 0 Å². The quantitative estimate of drug-likeness (QED) is 0.473. The number of anilines is 2. The normalized spacial score (nSPS) is 17.8. The lowest BCUT2D eigenvalue weighted by Crippen LogP contribution is -2.39. The Bertz CT molecular complexity index is 852. The summed E-state index contributed by atoms with van der Waals surface area (Å²) in [6.07, 6.45) is 3.30. The number of aliphatic hydroxyl groups is 1. The zero-order valence-electron chi connectivity index (χ0n) is 17.2. The molecule has 11 heteroatoms. The van der Waals surface area contributed by atoms with Crippen molar-refractivity contribution >= 4 is 28.8 Å². The number of likely N-dealkylation sites (tertiary alicyclic amines) is 1. The monoisotopic (exact) mass is 418 g/mol. The smallest absolute Gasteiger partial charge is 0.226 e. The Labute approximate surface area is 175 Å². The second kappa shape index (κ2) is 10.0.